The fourth-order valence-corrected chi connectivity index (χ4v) is 3.90. The molecule has 4 heteroatoms. The number of rotatable bonds is 6. The number of aromatic nitrogens is 3. The van der Waals surface area contributed by atoms with Gasteiger partial charge in [0.1, 0.15) is 0 Å². The third-order valence-corrected chi connectivity index (χ3v) is 4.97. The van der Waals surface area contributed by atoms with Crippen LogP contribution >= 0.6 is 0 Å². The lowest BCUT2D eigenvalue weighted by atomic mass is 9.97. The monoisotopic (exact) mass is 276 g/mol. The lowest BCUT2D eigenvalue weighted by Crippen LogP contribution is -2.42. The van der Waals surface area contributed by atoms with Crippen LogP contribution in [0.4, 0.5) is 0 Å². The Morgan fingerprint density at radius 3 is 2.85 bits per heavy atom. The first-order chi connectivity index (χ1) is 9.85. The predicted octanol–water partition coefficient (Wildman–Crippen LogP) is 3.33. The van der Waals surface area contributed by atoms with Gasteiger partial charge in [0.25, 0.3) is 0 Å². The van der Waals surface area contributed by atoms with E-state index in [1.54, 1.807) is 0 Å². The van der Waals surface area contributed by atoms with E-state index in [9.17, 15) is 0 Å². The number of aryl methyl sites for hydroxylation is 1. The quantitative estimate of drug-likeness (QED) is 0.799. The molecule has 0 aromatic carbocycles. The molecule has 2 aliphatic rings. The smallest absolute Gasteiger partial charge is 0.0875 e. The molecule has 112 valence electrons. The Morgan fingerprint density at radius 1 is 1.20 bits per heavy atom. The molecule has 2 aliphatic heterocycles. The molecule has 2 atom stereocenters. The van der Waals surface area contributed by atoms with E-state index in [0.29, 0.717) is 12.1 Å². The Balaban J connectivity index is 1.87. The van der Waals surface area contributed by atoms with Gasteiger partial charge in [-0.05, 0) is 38.6 Å². The highest BCUT2D eigenvalue weighted by Gasteiger charge is 2.39. The maximum absolute atomic E-state index is 4.51. The molecule has 0 radical (unpaired) electrons. The number of hydrogen-bond donors (Lipinski definition) is 0. The van der Waals surface area contributed by atoms with Crippen molar-refractivity contribution in [2.24, 2.45) is 0 Å². The van der Waals surface area contributed by atoms with Crippen LogP contribution in [0.25, 0.3) is 0 Å². The van der Waals surface area contributed by atoms with E-state index < -0.39 is 0 Å². The van der Waals surface area contributed by atoms with Gasteiger partial charge in [-0.1, -0.05) is 38.3 Å². The van der Waals surface area contributed by atoms with Gasteiger partial charge < -0.3 is 0 Å². The Hall–Kier alpha value is -0.900. The van der Waals surface area contributed by atoms with Crippen molar-refractivity contribution in [1.29, 1.82) is 0 Å². The summed E-state index contributed by atoms with van der Waals surface area (Å²) < 4.78 is 2.23. The van der Waals surface area contributed by atoms with E-state index in [0.717, 1.165) is 13.0 Å². The first-order valence-electron chi connectivity index (χ1n) is 8.53. The molecule has 0 spiro atoms. The first kappa shape index (κ1) is 14.1. The molecule has 0 amide bonds. The van der Waals surface area contributed by atoms with Crippen LogP contribution in [0.2, 0.25) is 0 Å². The number of nitrogens with zero attached hydrogens (tertiary/aromatic N) is 4. The van der Waals surface area contributed by atoms with Crippen molar-refractivity contribution in [1.82, 2.24) is 19.9 Å². The maximum Gasteiger partial charge on any atom is 0.0875 e. The summed E-state index contributed by atoms with van der Waals surface area (Å²) >= 11 is 0. The van der Waals surface area contributed by atoms with Crippen LogP contribution in [-0.4, -0.2) is 32.5 Å². The SMILES string of the molecule is CCCCc1nnn2c1[C@H](CCCC)N1CCC[C@H]1C2. The summed E-state index contributed by atoms with van der Waals surface area (Å²) in [5.41, 5.74) is 2.73. The Bertz CT molecular complexity index is 440. The lowest BCUT2D eigenvalue weighted by Gasteiger charge is -2.38. The van der Waals surface area contributed by atoms with Crippen LogP contribution in [0.1, 0.15) is 76.2 Å². The minimum Gasteiger partial charge on any atom is -0.290 e. The lowest BCUT2D eigenvalue weighted by molar-refractivity contribution is 0.114. The third-order valence-electron chi connectivity index (χ3n) is 4.97. The molecule has 1 fully saturated rings. The Labute approximate surface area is 122 Å². The largest absolute Gasteiger partial charge is 0.290 e. The normalized spacial score (nSPS) is 25.7. The topological polar surface area (TPSA) is 34.0 Å². The molecule has 1 aromatic rings. The molecule has 3 rings (SSSR count). The van der Waals surface area contributed by atoms with Crippen molar-refractivity contribution in [2.75, 3.05) is 6.54 Å². The van der Waals surface area contributed by atoms with E-state index in [2.05, 4.69) is 33.7 Å². The Morgan fingerprint density at radius 2 is 2.05 bits per heavy atom. The summed E-state index contributed by atoms with van der Waals surface area (Å²) in [7, 11) is 0. The van der Waals surface area contributed by atoms with E-state index in [-0.39, 0.29) is 0 Å². The van der Waals surface area contributed by atoms with Crippen LogP contribution in [0.15, 0.2) is 0 Å². The predicted molar refractivity (Wildman–Crippen MR) is 80.6 cm³/mol. The fourth-order valence-electron chi connectivity index (χ4n) is 3.90. The zero-order valence-corrected chi connectivity index (χ0v) is 13.0. The van der Waals surface area contributed by atoms with Crippen molar-refractivity contribution in [2.45, 2.75) is 83.8 Å². The van der Waals surface area contributed by atoms with Gasteiger partial charge in [-0.3, -0.25) is 4.90 Å². The van der Waals surface area contributed by atoms with Crippen LogP contribution in [0, 0.1) is 0 Å². The molecule has 20 heavy (non-hydrogen) atoms. The second kappa shape index (κ2) is 6.25. The zero-order chi connectivity index (χ0) is 13.9. The van der Waals surface area contributed by atoms with Crippen molar-refractivity contribution in [3.63, 3.8) is 0 Å². The number of fused-ring (bicyclic) bond motifs is 2. The molecule has 0 bridgehead atoms. The average molecular weight is 276 g/mol. The van der Waals surface area contributed by atoms with Crippen LogP contribution in [-0.2, 0) is 13.0 Å². The van der Waals surface area contributed by atoms with Gasteiger partial charge in [-0.2, -0.15) is 0 Å². The molecule has 0 aliphatic carbocycles. The van der Waals surface area contributed by atoms with Crippen molar-refractivity contribution >= 4 is 0 Å². The average Bonchev–Trinajstić information content (AvgIpc) is 3.08. The van der Waals surface area contributed by atoms with Gasteiger partial charge in [-0.25, -0.2) is 4.68 Å². The highest BCUT2D eigenvalue weighted by atomic mass is 15.5. The summed E-state index contributed by atoms with van der Waals surface area (Å²) in [6, 6.07) is 1.29. The van der Waals surface area contributed by atoms with E-state index in [1.807, 2.05) is 0 Å². The molecule has 0 unspecified atom stereocenters. The van der Waals surface area contributed by atoms with E-state index in [4.69, 9.17) is 0 Å². The summed E-state index contributed by atoms with van der Waals surface area (Å²) in [5, 5.41) is 8.98. The summed E-state index contributed by atoms with van der Waals surface area (Å²) in [6.07, 6.45) is 10.1. The molecule has 0 saturated carbocycles. The number of unbranched alkanes of at least 4 members (excludes halogenated alkanes) is 2. The van der Waals surface area contributed by atoms with Gasteiger partial charge in [0, 0.05) is 6.04 Å². The minimum absolute atomic E-state index is 0.582. The fraction of sp³-hybridized carbons (Fsp3) is 0.875. The maximum atomic E-state index is 4.51. The molecule has 4 nitrogen and oxygen atoms in total. The second-order valence-electron chi connectivity index (χ2n) is 6.40. The van der Waals surface area contributed by atoms with E-state index >= 15 is 0 Å². The van der Waals surface area contributed by atoms with Gasteiger partial charge in [0.2, 0.25) is 0 Å². The molecular formula is C16H28N4. The van der Waals surface area contributed by atoms with Gasteiger partial charge in [0.15, 0.2) is 0 Å². The highest BCUT2D eigenvalue weighted by molar-refractivity contribution is 5.19. The van der Waals surface area contributed by atoms with Gasteiger partial charge in [-0.15, -0.1) is 5.10 Å². The summed E-state index contributed by atoms with van der Waals surface area (Å²) in [4.78, 5) is 2.75. The van der Waals surface area contributed by atoms with Crippen LogP contribution < -0.4 is 0 Å². The molecular weight excluding hydrogens is 248 g/mol. The highest BCUT2D eigenvalue weighted by Crippen LogP contribution is 2.38. The van der Waals surface area contributed by atoms with Gasteiger partial charge in [0.05, 0.1) is 24.0 Å². The third kappa shape index (κ3) is 2.50. The van der Waals surface area contributed by atoms with Crippen molar-refractivity contribution in [3.05, 3.63) is 11.4 Å². The summed E-state index contributed by atoms with van der Waals surface area (Å²) in [5.74, 6) is 0. The molecule has 1 aromatic heterocycles. The van der Waals surface area contributed by atoms with Crippen LogP contribution in [0.5, 0.6) is 0 Å². The van der Waals surface area contributed by atoms with Gasteiger partial charge >= 0.3 is 0 Å². The van der Waals surface area contributed by atoms with Crippen molar-refractivity contribution < 1.29 is 0 Å². The summed E-state index contributed by atoms with van der Waals surface area (Å²) in [6.45, 7) is 6.88. The molecule has 0 N–H and O–H groups in total. The standard InChI is InChI=1S/C16H28N4/c1-3-5-9-14-16-15(10-6-4-2)19-11-7-8-13(19)12-20(16)18-17-14/h13,15H,3-12H2,1-2H3/t13-,15-/m0/s1. The molecule has 1 saturated heterocycles. The molecule has 3 heterocycles. The Kier molecular flexibility index (Phi) is 4.39. The zero-order valence-electron chi connectivity index (χ0n) is 13.0. The number of hydrogen-bond acceptors (Lipinski definition) is 3. The van der Waals surface area contributed by atoms with Crippen LogP contribution in [0.3, 0.4) is 0 Å². The van der Waals surface area contributed by atoms with E-state index in [1.165, 1.54) is 62.9 Å². The second-order valence-corrected chi connectivity index (χ2v) is 6.40. The van der Waals surface area contributed by atoms with Crippen molar-refractivity contribution in [3.8, 4) is 0 Å². The minimum atomic E-state index is 0.582. The first-order valence-corrected chi connectivity index (χ1v) is 8.53.